The summed E-state index contributed by atoms with van der Waals surface area (Å²) in [4.78, 5) is 40.2. The summed E-state index contributed by atoms with van der Waals surface area (Å²) in [7, 11) is -4.45. The molecule has 0 spiro atoms. The molecule has 12 heteroatoms. The number of anilines is 1. The highest BCUT2D eigenvalue weighted by Crippen LogP contribution is 2.28. The van der Waals surface area contributed by atoms with E-state index < -0.39 is 45.2 Å². The monoisotopic (exact) mass is 646 g/mol. The molecule has 2 amide bonds. The van der Waals surface area contributed by atoms with Gasteiger partial charge < -0.3 is 10.2 Å². The number of nitro benzene ring substituents is 1. The lowest BCUT2D eigenvalue weighted by molar-refractivity contribution is -0.384. The molecule has 240 valence electrons. The van der Waals surface area contributed by atoms with Crippen LogP contribution in [0.4, 0.5) is 15.8 Å². The molecule has 0 unspecified atom stereocenters. The van der Waals surface area contributed by atoms with Crippen molar-refractivity contribution >= 4 is 33.2 Å². The highest BCUT2D eigenvalue weighted by atomic mass is 32.2. The van der Waals surface area contributed by atoms with Crippen molar-refractivity contribution in [2.45, 2.75) is 50.2 Å². The number of non-ortho nitro benzene ring substituents is 1. The van der Waals surface area contributed by atoms with Crippen molar-refractivity contribution in [2.24, 2.45) is 0 Å². The summed E-state index contributed by atoms with van der Waals surface area (Å²) in [6.07, 6.45) is 0.673. The zero-order valence-electron chi connectivity index (χ0n) is 25.5. The van der Waals surface area contributed by atoms with Crippen molar-refractivity contribution in [3.8, 4) is 0 Å². The van der Waals surface area contributed by atoms with E-state index in [1.54, 1.807) is 36.4 Å². The van der Waals surface area contributed by atoms with Crippen molar-refractivity contribution in [2.75, 3.05) is 10.8 Å². The number of benzene rings is 4. The molecule has 0 aliphatic heterocycles. The van der Waals surface area contributed by atoms with Gasteiger partial charge >= 0.3 is 0 Å². The Kier molecular flexibility index (Phi) is 11.2. The van der Waals surface area contributed by atoms with Gasteiger partial charge in [0.25, 0.3) is 15.7 Å². The Morgan fingerprint density at radius 3 is 2.17 bits per heavy atom. The fourth-order valence-electron chi connectivity index (χ4n) is 4.82. The number of nitrogens with zero attached hydrogens (tertiary/aromatic N) is 3. The number of amides is 2. The molecule has 4 rings (SSSR count). The van der Waals surface area contributed by atoms with Gasteiger partial charge in [0.05, 0.1) is 15.5 Å². The van der Waals surface area contributed by atoms with Gasteiger partial charge in [0, 0.05) is 36.7 Å². The molecule has 0 aromatic heterocycles. The summed E-state index contributed by atoms with van der Waals surface area (Å²) in [5, 5.41) is 14.5. The van der Waals surface area contributed by atoms with Crippen molar-refractivity contribution < 1.29 is 27.3 Å². The maximum Gasteiger partial charge on any atom is 0.271 e. The van der Waals surface area contributed by atoms with E-state index in [1.807, 2.05) is 19.9 Å². The molecular weight excluding hydrogens is 611 g/mol. The van der Waals surface area contributed by atoms with Crippen LogP contribution in [-0.2, 0) is 32.6 Å². The zero-order chi connectivity index (χ0) is 33.3. The molecule has 0 aliphatic carbocycles. The molecule has 4 aromatic rings. The third-order valence-corrected chi connectivity index (χ3v) is 9.30. The molecule has 0 heterocycles. The van der Waals surface area contributed by atoms with Gasteiger partial charge in [0.2, 0.25) is 11.8 Å². The molecular formula is C34H35FN4O6S. The van der Waals surface area contributed by atoms with Gasteiger partial charge in [-0.3, -0.25) is 24.0 Å². The molecule has 0 saturated carbocycles. The predicted octanol–water partition coefficient (Wildman–Crippen LogP) is 5.48. The molecule has 0 bridgehead atoms. The molecule has 0 saturated heterocycles. The number of carbonyl (C=O) groups excluding carboxylic acids is 2. The van der Waals surface area contributed by atoms with Gasteiger partial charge in [-0.2, -0.15) is 0 Å². The molecule has 4 aromatic carbocycles. The third kappa shape index (κ3) is 8.33. The van der Waals surface area contributed by atoms with Gasteiger partial charge in [-0.05, 0) is 43.2 Å². The Morgan fingerprint density at radius 1 is 0.913 bits per heavy atom. The molecule has 0 aliphatic rings. The first-order chi connectivity index (χ1) is 22.0. The first-order valence-corrected chi connectivity index (χ1v) is 16.1. The van der Waals surface area contributed by atoms with E-state index in [1.165, 1.54) is 65.6 Å². The number of hydrogen-bond acceptors (Lipinski definition) is 6. The second-order valence-electron chi connectivity index (χ2n) is 10.7. The van der Waals surface area contributed by atoms with Crippen LogP contribution < -0.4 is 9.62 Å². The first kappa shape index (κ1) is 33.8. The van der Waals surface area contributed by atoms with E-state index in [-0.39, 0.29) is 40.8 Å². The minimum Gasteiger partial charge on any atom is -0.352 e. The Balaban J connectivity index is 1.84. The molecule has 1 N–H and O–H groups in total. The highest BCUT2D eigenvalue weighted by Gasteiger charge is 2.35. The van der Waals surface area contributed by atoms with Crippen LogP contribution in [0.25, 0.3) is 0 Å². The summed E-state index contributed by atoms with van der Waals surface area (Å²) in [6.45, 7) is 2.54. The number of hydrogen-bond donors (Lipinski definition) is 1. The minimum absolute atomic E-state index is 0.0611. The van der Waals surface area contributed by atoms with Crippen molar-refractivity contribution in [1.82, 2.24) is 10.2 Å². The largest absolute Gasteiger partial charge is 0.352 e. The molecule has 46 heavy (non-hydrogen) atoms. The van der Waals surface area contributed by atoms with Crippen LogP contribution in [0.15, 0.2) is 114 Å². The maximum absolute atomic E-state index is 15.0. The van der Waals surface area contributed by atoms with Crippen LogP contribution in [-0.4, -0.2) is 48.7 Å². The lowest BCUT2D eigenvalue weighted by Gasteiger charge is -2.34. The molecule has 2 atom stereocenters. The number of nitro groups is 1. The van der Waals surface area contributed by atoms with Crippen LogP contribution in [0.1, 0.15) is 31.4 Å². The summed E-state index contributed by atoms with van der Waals surface area (Å²) >= 11 is 0. The topological polar surface area (TPSA) is 130 Å². The first-order valence-electron chi connectivity index (χ1n) is 14.7. The Bertz CT molecular complexity index is 1770. The van der Waals surface area contributed by atoms with Gasteiger partial charge in [-0.25, -0.2) is 12.8 Å². The van der Waals surface area contributed by atoms with E-state index in [2.05, 4.69) is 5.32 Å². The number of carbonyl (C=O) groups is 2. The molecule has 0 radical (unpaired) electrons. The van der Waals surface area contributed by atoms with Crippen LogP contribution >= 0.6 is 0 Å². The minimum atomic E-state index is -4.45. The predicted molar refractivity (Wildman–Crippen MR) is 173 cm³/mol. The van der Waals surface area contributed by atoms with Crippen LogP contribution in [0.3, 0.4) is 0 Å². The summed E-state index contributed by atoms with van der Waals surface area (Å²) in [6, 6.07) is 25.7. The SMILES string of the molecule is CC[C@@H](C)NC(=O)[C@@H](Cc1ccccc1)N(Cc1ccccc1F)C(=O)CN(c1cccc([N+](=O)[O-])c1)S(=O)(=O)c1ccccc1. The summed E-state index contributed by atoms with van der Waals surface area (Å²) in [5.41, 5.74) is 0.348. The number of halogens is 1. The second-order valence-corrected chi connectivity index (χ2v) is 12.6. The fourth-order valence-corrected chi connectivity index (χ4v) is 6.24. The number of rotatable bonds is 14. The lowest BCUT2D eigenvalue weighted by Crippen LogP contribution is -2.54. The normalized spacial score (nSPS) is 12.5. The van der Waals surface area contributed by atoms with Gasteiger partial charge in [-0.15, -0.1) is 0 Å². The van der Waals surface area contributed by atoms with Gasteiger partial charge in [0.15, 0.2) is 0 Å². The Labute approximate surface area is 267 Å². The van der Waals surface area contributed by atoms with Crippen LogP contribution in [0, 0.1) is 15.9 Å². The molecule has 10 nitrogen and oxygen atoms in total. The smallest absolute Gasteiger partial charge is 0.271 e. The van der Waals surface area contributed by atoms with E-state index in [0.717, 1.165) is 15.9 Å². The van der Waals surface area contributed by atoms with Crippen molar-refractivity contribution in [3.63, 3.8) is 0 Å². The lowest BCUT2D eigenvalue weighted by atomic mass is 10.0. The fraction of sp³-hybridized carbons (Fsp3) is 0.235. The van der Waals surface area contributed by atoms with E-state index >= 15 is 4.39 Å². The number of sulfonamides is 1. The second kappa shape index (κ2) is 15.3. The third-order valence-electron chi connectivity index (χ3n) is 7.51. The van der Waals surface area contributed by atoms with E-state index in [9.17, 15) is 28.1 Å². The summed E-state index contributed by atoms with van der Waals surface area (Å²) in [5.74, 6) is -1.90. The van der Waals surface area contributed by atoms with Crippen molar-refractivity contribution in [3.05, 3.63) is 136 Å². The highest BCUT2D eigenvalue weighted by molar-refractivity contribution is 7.92. The standard InChI is InChI=1S/C34H35FN4O6S/c1-3-25(2)36-34(41)32(21-26-13-6-4-7-14-26)37(23-27-15-10-11-20-31(27)35)33(40)24-38(28-16-12-17-29(22-28)39(42)43)46(44,45)30-18-8-5-9-19-30/h4-20,22,25,32H,3,21,23-24H2,1-2H3,(H,36,41)/t25-,32-/m1/s1. The van der Waals surface area contributed by atoms with E-state index in [4.69, 9.17) is 0 Å². The average Bonchev–Trinajstić information content (AvgIpc) is 3.06. The average molecular weight is 647 g/mol. The summed E-state index contributed by atoms with van der Waals surface area (Å²) < 4.78 is 43.8. The van der Waals surface area contributed by atoms with Crippen LogP contribution in [0.5, 0.6) is 0 Å². The van der Waals surface area contributed by atoms with Crippen LogP contribution in [0.2, 0.25) is 0 Å². The van der Waals surface area contributed by atoms with E-state index in [0.29, 0.717) is 6.42 Å². The quantitative estimate of drug-likeness (QED) is 0.143. The number of nitrogens with one attached hydrogen (secondary N) is 1. The maximum atomic E-state index is 15.0. The van der Waals surface area contributed by atoms with Crippen molar-refractivity contribution in [1.29, 1.82) is 0 Å². The Morgan fingerprint density at radius 2 is 1.54 bits per heavy atom. The molecule has 0 fully saturated rings. The Hall–Kier alpha value is -5.10. The van der Waals surface area contributed by atoms with Gasteiger partial charge in [0.1, 0.15) is 18.4 Å². The van der Waals surface area contributed by atoms with Gasteiger partial charge in [-0.1, -0.05) is 79.7 Å². The zero-order valence-corrected chi connectivity index (χ0v) is 26.3.